The lowest BCUT2D eigenvalue weighted by molar-refractivity contribution is -0.0653. The van der Waals surface area contributed by atoms with E-state index in [4.69, 9.17) is 10.5 Å². The maximum atomic E-state index is 6.57. The number of hydrogen-bond acceptors (Lipinski definition) is 3. The summed E-state index contributed by atoms with van der Waals surface area (Å²) in [5.74, 6) is 0. The van der Waals surface area contributed by atoms with E-state index >= 15 is 0 Å². The lowest BCUT2D eigenvalue weighted by atomic mass is 9.82. The summed E-state index contributed by atoms with van der Waals surface area (Å²) in [6.07, 6.45) is 4.67. The molecule has 3 atom stereocenters. The van der Waals surface area contributed by atoms with Crippen molar-refractivity contribution in [1.29, 1.82) is 0 Å². The maximum absolute atomic E-state index is 6.57. The highest BCUT2D eigenvalue weighted by atomic mass is 16.5. The molecule has 2 N–H and O–H groups in total. The van der Waals surface area contributed by atoms with Gasteiger partial charge in [-0.2, -0.15) is 0 Å². The molecule has 20 heavy (non-hydrogen) atoms. The number of aryl methyl sites for hydroxylation is 1. The highest BCUT2D eigenvalue weighted by molar-refractivity contribution is 5.33. The van der Waals surface area contributed by atoms with Crippen LogP contribution in [0, 0.1) is 0 Å². The highest BCUT2D eigenvalue weighted by Crippen LogP contribution is 2.34. The van der Waals surface area contributed by atoms with Gasteiger partial charge in [0, 0.05) is 25.7 Å². The average molecular weight is 274 g/mol. The Balaban J connectivity index is 1.79. The zero-order valence-corrected chi connectivity index (χ0v) is 12.6. The molecule has 0 spiro atoms. The van der Waals surface area contributed by atoms with Crippen LogP contribution in [0.4, 0.5) is 0 Å². The number of piperidine rings is 1. The summed E-state index contributed by atoms with van der Waals surface area (Å²) in [6, 6.07) is 9.25. The Kier molecular flexibility index (Phi) is 3.85. The number of nitrogens with two attached hydrogens (primary N) is 1. The molecule has 0 radical (unpaired) electrons. The lowest BCUT2D eigenvalue weighted by Gasteiger charge is -2.46. The van der Waals surface area contributed by atoms with Crippen LogP contribution in [-0.4, -0.2) is 36.7 Å². The second kappa shape index (κ2) is 5.47. The van der Waals surface area contributed by atoms with Crippen molar-refractivity contribution in [1.82, 2.24) is 4.90 Å². The van der Waals surface area contributed by atoms with E-state index in [-0.39, 0.29) is 11.6 Å². The van der Waals surface area contributed by atoms with Crippen molar-refractivity contribution >= 4 is 0 Å². The zero-order chi connectivity index (χ0) is 14.2. The number of nitrogens with zero attached hydrogens (tertiary/aromatic N) is 1. The minimum Gasteiger partial charge on any atom is -0.377 e. The number of methoxy groups -OCH3 is 1. The van der Waals surface area contributed by atoms with Gasteiger partial charge in [0.05, 0.1) is 5.60 Å². The summed E-state index contributed by atoms with van der Waals surface area (Å²) >= 11 is 0. The van der Waals surface area contributed by atoms with Crippen molar-refractivity contribution in [3.05, 3.63) is 35.4 Å². The van der Waals surface area contributed by atoms with Gasteiger partial charge < -0.3 is 10.5 Å². The minimum atomic E-state index is -0.00502. The summed E-state index contributed by atoms with van der Waals surface area (Å²) in [5.41, 5.74) is 9.34. The molecule has 1 heterocycles. The third-order valence-electron chi connectivity index (χ3n) is 5.19. The molecule has 0 bridgehead atoms. The van der Waals surface area contributed by atoms with E-state index in [0.29, 0.717) is 6.04 Å². The van der Waals surface area contributed by atoms with Crippen LogP contribution in [0.5, 0.6) is 0 Å². The Labute approximate surface area is 122 Å². The van der Waals surface area contributed by atoms with Crippen molar-refractivity contribution in [2.45, 2.75) is 50.3 Å². The number of ether oxygens (including phenoxy) is 1. The fourth-order valence-electron chi connectivity index (χ4n) is 3.88. The molecule has 1 aromatic rings. The Morgan fingerprint density at radius 2 is 2.15 bits per heavy atom. The first-order valence-corrected chi connectivity index (χ1v) is 7.75. The summed E-state index contributed by atoms with van der Waals surface area (Å²) in [4.78, 5) is 2.56. The lowest BCUT2D eigenvalue weighted by Crippen LogP contribution is -2.54. The van der Waals surface area contributed by atoms with Crippen molar-refractivity contribution in [3.8, 4) is 0 Å². The van der Waals surface area contributed by atoms with Crippen molar-refractivity contribution in [2.75, 3.05) is 20.2 Å². The minimum absolute atomic E-state index is 0.00502. The largest absolute Gasteiger partial charge is 0.377 e. The van der Waals surface area contributed by atoms with E-state index in [1.165, 1.54) is 17.5 Å². The SMILES string of the molecule is COC1(C)CCCN(C2CCc3ccccc3C2N)C1. The molecule has 2 aliphatic rings. The normalized spacial score (nSPS) is 34.8. The molecule has 1 aliphatic heterocycles. The van der Waals surface area contributed by atoms with Crippen molar-refractivity contribution < 1.29 is 4.74 Å². The van der Waals surface area contributed by atoms with Crippen LogP contribution in [0.3, 0.4) is 0 Å². The van der Waals surface area contributed by atoms with Gasteiger partial charge in [-0.15, -0.1) is 0 Å². The van der Waals surface area contributed by atoms with Crippen LogP contribution in [0.1, 0.15) is 43.4 Å². The first-order chi connectivity index (χ1) is 9.63. The summed E-state index contributed by atoms with van der Waals surface area (Å²) < 4.78 is 5.72. The van der Waals surface area contributed by atoms with E-state index in [1.807, 2.05) is 7.11 Å². The first kappa shape index (κ1) is 14.1. The molecule has 3 unspecified atom stereocenters. The summed E-state index contributed by atoms with van der Waals surface area (Å²) in [7, 11) is 1.83. The Hall–Kier alpha value is -0.900. The van der Waals surface area contributed by atoms with E-state index < -0.39 is 0 Å². The summed E-state index contributed by atoms with van der Waals surface area (Å²) in [6.45, 7) is 4.38. The number of likely N-dealkylation sites (tertiary alicyclic amines) is 1. The summed E-state index contributed by atoms with van der Waals surface area (Å²) in [5, 5.41) is 0. The molecule has 0 aromatic heterocycles. The van der Waals surface area contributed by atoms with Gasteiger partial charge in [0.25, 0.3) is 0 Å². The third kappa shape index (κ3) is 2.50. The number of fused-ring (bicyclic) bond motifs is 1. The Bertz CT molecular complexity index is 476. The second-order valence-electron chi connectivity index (χ2n) is 6.56. The third-order valence-corrected chi connectivity index (χ3v) is 5.19. The maximum Gasteiger partial charge on any atom is 0.0777 e. The van der Waals surface area contributed by atoms with Crippen LogP contribution in [0.25, 0.3) is 0 Å². The van der Waals surface area contributed by atoms with E-state index in [2.05, 4.69) is 36.1 Å². The molecule has 1 aliphatic carbocycles. The molecule has 1 saturated heterocycles. The monoisotopic (exact) mass is 274 g/mol. The van der Waals surface area contributed by atoms with Crippen LogP contribution in [0.15, 0.2) is 24.3 Å². The van der Waals surface area contributed by atoms with E-state index in [1.54, 1.807) is 0 Å². The number of rotatable bonds is 2. The predicted molar refractivity (Wildman–Crippen MR) is 81.7 cm³/mol. The van der Waals surface area contributed by atoms with Crippen LogP contribution in [-0.2, 0) is 11.2 Å². The van der Waals surface area contributed by atoms with Gasteiger partial charge in [-0.05, 0) is 50.3 Å². The molecule has 3 nitrogen and oxygen atoms in total. The fourth-order valence-corrected chi connectivity index (χ4v) is 3.88. The average Bonchev–Trinajstić information content (AvgIpc) is 2.48. The van der Waals surface area contributed by atoms with Crippen molar-refractivity contribution in [2.24, 2.45) is 5.73 Å². The van der Waals surface area contributed by atoms with Gasteiger partial charge in [-0.25, -0.2) is 0 Å². The van der Waals surface area contributed by atoms with Gasteiger partial charge in [0.15, 0.2) is 0 Å². The quantitative estimate of drug-likeness (QED) is 0.900. The Morgan fingerprint density at radius 3 is 2.95 bits per heavy atom. The van der Waals surface area contributed by atoms with E-state index in [9.17, 15) is 0 Å². The molecular formula is C17H26N2O. The molecule has 110 valence electrons. The number of hydrogen-bond donors (Lipinski definition) is 1. The van der Waals surface area contributed by atoms with Gasteiger partial charge in [0.1, 0.15) is 0 Å². The molecular weight excluding hydrogens is 248 g/mol. The van der Waals surface area contributed by atoms with Crippen LogP contribution >= 0.6 is 0 Å². The van der Waals surface area contributed by atoms with Crippen molar-refractivity contribution in [3.63, 3.8) is 0 Å². The number of benzene rings is 1. The molecule has 3 rings (SSSR count). The topological polar surface area (TPSA) is 38.5 Å². The molecule has 0 amide bonds. The molecule has 0 saturated carbocycles. The first-order valence-electron chi connectivity index (χ1n) is 7.75. The van der Waals surface area contributed by atoms with Gasteiger partial charge in [-0.3, -0.25) is 4.90 Å². The molecule has 1 fully saturated rings. The van der Waals surface area contributed by atoms with Gasteiger partial charge in [-0.1, -0.05) is 24.3 Å². The highest BCUT2D eigenvalue weighted by Gasteiger charge is 2.37. The Morgan fingerprint density at radius 1 is 1.35 bits per heavy atom. The molecule has 1 aromatic carbocycles. The fraction of sp³-hybridized carbons (Fsp3) is 0.647. The zero-order valence-electron chi connectivity index (χ0n) is 12.6. The van der Waals surface area contributed by atoms with E-state index in [0.717, 1.165) is 32.4 Å². The predicted octanol–water partition coefficient (Wildman–Crippen LogP) is 2.50. The smallest absolute Gasteiger partial charge is 0.0777 e. The molecule has 3 heteroatoms. The van der Waals surface area contributed by atoms with Crippen LogP contribution < -0.4 is 5.73 Å². The second-order valence-corrected chi connectivity index (χ2v) is 6.56. The van der Waals surface area contributed by atoms with Gasteiger partial charge in [0.2, 0.25) is 0 Å². The standard InChI is InChI=1S/C17H26N2O/c1-17(20-2)10-5-11-19(12-17)15-9-8-13-6-3-4-7-14(13)16(15)18/h3-4,6-7,15-16H,5,8-12,18H2,1-2H3. The van der Waals surface area contributed by atoms with Crippen LogP contribution in [0.2, 0.25) is 0 Å². The van der Waals surface area contributed by atoms with Gasteiger partial charge >= 0.3 is 0 Å².